The molecular formula is C25H29N9O4. The van der Waals surface area contributed by atoms with Crippen LogP contribution in [0, 0.1) is 12.3 Å². The fourth-order valence-electron chi connectivity index (χ4n) is 4.02. The predicted molar refractivity (Wildman–Crippen MR) is 141 cm³/mol. The summed E-state index contributed by atoms with van der Waals surface area (Å²) < 4.78 is 0. The molecule has 1 aliphatic rings. The average molecular weight is 520 g/mol. The van der Waals surface area contributed by atoms with Crippen molar-refractivity contribution in [3.05, 3.63) is 54.1 Å². The number of H-pyrrole nitrogens is 1. The van der Waals surface area contributed by atoms with Crippen LogP contribution in [0.2, 0.25) is 0 Å². The van der Waals surface area contributed by atoms with Crippen LogP contribution in [-0.2, 0) is 14.4 Å². The van der Waals surface area contributed by atoms with Crippen LogP contribution in [0.5, 0.6) is 0 Å². The van der Waals surface area contributed by atoms with Crippen LogP contribution >= 0.6 is 0 Å². The van der Waals surface area contributed by atoms with Crippen molar-refractivity contribution in [3.63, 3.8) is 0 Å². The first kappa shape index (κ1) is 26.3. The highest BCUT2D eigenvalue weighted by atomic mass is 16.2. The van der Waals surface area contributed by atoms with Crippen LogP contribution in [0.15, 0.2) is 48.5 Å². The molecule has 38 heavy (non-hydrogen) atoms. The number of rotatable bonds is 5. The Bertz CT molecular complexity index is 1350. The van der Waals surface area contributed by atoms with E-state index in [0.29, 0.717) is 17.1 Å². The lowest BCUT2D eigenvalue weighted by molar-refractivity contribution is -0.126. The van der Waals surface area contributed by atoms with E-state index < -0.39 is 35.8 Å². The maximum atomic E-state index is 13.8. The van der Waals surface area contributed by atoms with Gasteiger partial charge in [0.05, 0.1) is 17.9 Å². The Kier molecular flexibility index (Phi) is 7.37. The summed E-state index contributed by atoms with van der Waals surface area (Å²) in [6.45, 7) is 6.66. The van der Waals surface area contributed by atoms with Crippen LogP contribution in [-0.4, -0.2) is 63.5 Å². The number of carbonyl (C=O) groups excluding carboxylic acids is 4. The second-order valence-corrected chi connectivity index (χ2v) is 9.88. The molecule has 0 radical (unpaired) electrons. The maximum Gasteiger partial charge on any atom is 0.319 e. The minimum atomic E-state index is -1.16. The molecular weight excluding hydrogens is 490 g/mol. The van der Waals surface area contributed by atoms with Crippen molar-refractivity contribution in [3.8, 4) is 0 Å². The standard InChI is InChI=1S/C25H29N9O4/c1-15-8-7-9-16(12-15)26-24(38)27-17-13-34(22(37)25(2,3)4)19-11-6-5-10-18(19)33(21(17)36)14-20(35)28-23-29-31-32-30-23/h5-12,17H,13-14H2,1-4H3,(H2,26,27,38)(H2,28,29,30,31,32,35). The number of hydrogen-bond donors (Lipinski definition) is 4. The van der Waals surface area contributed by atoms with Crippen molar-refractivity contribution < 1.29 is 19.2 Å². The van der Waals surface area contributed by atoms with Gasteiger partial charge in [-0.3, -0.25) is 24.6 Å². The Morgan fingerprint density at radius 2 is 1.79 bits per heavy atom. The van der Waals surface area contributed by atoms with E-state index in [1.54, 1.807) is 63.2 Å². The van der Waals surface area contributed by atoms with Crippen molar-refractivity contribution in [2.75, 3.05) is 33.5 Å². The fourth-order valence-corrected chi connectivity index (χ4v) is 4.02. The SMILES string of the molecule is Cc1cccc(NC(=O)NC2CN(C(=O)C(C)(C)C)c3ccccc3N(CC(=O)Nc3nn[nH]n3)C2=O)c1. The number of carbonyl (C=O) groups is 4. The molecule has 13 nitrogen and oxygen atoms in total. The molecule has 1 atom stereocenters. The van der Waals surface area contributed by atoms with Gasteiger partial charge in [0.25, 0.3) is 11.9 Å². The lowest BCUT2D eigenvalue weighted by Gasteiger charge is -2.30. The van der Waals surface area contributed by atoms with Crippen molar-refractivity contribution >= 4 is 46.8 Å². The summed E-state index contributed by atoms with van der Waals surface area (Å²) in [5, 5.41) is 20.9. The van der Waals surface area contributed by atoms with Crippen molar-refractivity contribution in [1.82, 2.24) is 25.9 Å². The molecule has 5 amide bonds. The first-order chi connectivity index (χ1) is 18.0. The first-order valence-corrected chi connectivity index (χ1v) is 11.9. The number of urea groups is 1. The number of aromatic nitrogens is 4. The molecule has 1 unspecified atom stereocenters. The largest absolute Gasteiger partial charge is 0.324 e. The van der Waals surface area contributed by atoms with E-state index >= 15 is 0 Å². The number of tetrazole rings is 1. The Labute approximate surface area is 219 Å². The number of nitrogens with zero attached hydrogens (tertiary/aromatic N) is 5. The number of aryl methyl sites for hydroxylation is 1. The first-order valence-electron chi connectivity index (χ1n) is 11.9. The van der Waals surface area contributed by atoms with Gasteiger partial charge in [0.1, 0.15) is 12.6 Å². The predicted octanol–water partition coefficient (Wildman–Crippen LogP) is 2.06. The summed E-state index contributed by atoms with van der Waals surface area (Å²) in [7, 11) is 0. The molecule has 0 saturated heterocycles. The molecule has 0 spiro atoms. The molecule has 1 aliphatic heterocycles. The number of benzene rings is 2. The van der Waals surface area contributed by atoms with Crippen LogP contribution in [0.1, 0.15) is 26.3 Å². The van der Waals surface area contributed by atoms with E-state index in [0.717, 1.165) is 5.56 Å². The zero-order valence-electron chi connectivity index (χ0n) is 21.5. The van der Waals surface area contributed by atoms with Crippen LogP contribution in [0.25, 0.3) is 0 Å². The maximum absolute atomic E-state index is 13.8. The van der Waals surface area contributed by atoms with Gasteiger partial charge in [-0.2, -0.15) is 5.21 Å². The lowest BCUT2D eigenvalue weighted by atomic mass is 9.94. The van der Waals surface area contributed by atoms with E-state index in [9.17, 15) is 19.2 Å². The molecule has 0 aliphatic carbocycles. The minimum Gasteiger partial charge on any atom is -0.324 e. The summed E-state index contributed by atoms with van der Waals surface area (Å²) in [6.07, 6.45) is 0. The molecule has 0 bridgehead atoms. The Balaban J connectivity index is 1.67. The molecule has 2 heterocycles. The van der Waals surface area contributed by atoms with Gasteiger partial charge in [-0.1, -0.05) is 50.1 Å². The van der Waals surface area contributed by atoms with Gasteiger partial charge in [0, 0.05) is 11.1 Å². The van der Waals surface area contributed by atoms with Gasteiger partial charge in [-0.25, -0.2) is 4.79 Å². The molecule has 0 fully saturated rings. The highest BCUT2D eigenvalue weighted by Crippen LogP contribution is 2.35. The number of fused-ring (bicyclic) bond motifs is 1. The summed E-state index contributed by atoms with van der Waals surface area (Å²) in [6, 6.07) is 12.2. The molecule has 13 heteroatoms. The number of anilines is 4. The summed E-state index contributed by atoms with van der Waals surface area (Å²) in [4.78, 5) is 55.8. The molecule has 3 aromatic rings. The van der Waals surface area contributed by atoms with E-state index in [1.165, 1.54) is 9.80 Å². The van der Waals surface area contributed by atoms with E-state index in [-0.39, 0.29) is 18.4 Å². The monoisotopic (exact) mass is 519 g/mol. The third kappa shape index (κ3) is 5.94. The Morgan fingerprint density at radius 1 is 1.05 bits per heavy atom. The normalized spacial score (nSPS) is 15.4. The van der Waals surface area contributed by atoms with Gasteiger partial charge in [-0.15, -0.1) is 5.10 Å². The van der Waals surface area contributed by atoms with Crippen LogP contribution in [0.3, 0.4) is 0 Å². The van der Waals surface area contributed by atoms with Gasteiger partial charge in [0.2, 0.25) is 11.8 Å². The third-order valence-corrected chi connectivity index (χ3v) is 5.76. The van der Waals surface area contributed by atoms with Crippen molar-refractivity contribution in [1.29, 1.82) is 0 Å². The van der Waals surface area contributed by atoms with E-state index in [2.05, 4.69) is 36.6 Å². The summed E-state index contributed by atoms with van der Waals surface area (Å²) >= 11 is 0. The minimum absolute atomic E-state index is 0.0534. The number of para-hydroxylation sites is 2. The molecule has 1 aromatic heterocycles. The number of amides is 5. The topological polar surface area (TPSA) is 165 Å². The average Bonchev–Trinajstić information content (AvgIpc) is 3.33. The van der Waals surface area contributed by atoms with Crippen LogP contribution in [0.4, 0.5) is 27.8 Å². The highest BCUT2D eigenvalue weighted by molar-refractivity contribution is 6.12. The van der Waals surface area contributed by atoms with Crippen molar-refractivity contribution in [2.45, 2.75) is 33.7 Å². The number of nitrogens with one attached hydrogen (secondary N) is 4. The molecule has 4 rings (SSSR count). The molecule has 198 valence electrons. The van der Waals surface area contributed by atoms with Gasteiger partial charge < -0.3 is 15.5 Å². The zero-order chi connectivity index (χ0) is 27.4. The number of hydrogen-bond acceptors (Lipinski definition) is 7. The fraction of sp³-hybridized carbons (Fsp3) is 0.320. The lowest BCUT2D eigenvalue weighted by Crippen LogP contribution is -2.55. The summed E-state index contributed by atoms with van der Waals surface area (Å²) in [5.41, 5.74) is 1.50. The van der Waals surface area contributed by atoms with Gasteiger partial charge >= 0.3 is 6.03 Å². The zero-order valence-corrected chi connectivity index (χ0v) is 21.5. The third-order valence-electron chi connectivity index (χ3n) is 5.76. The van der Waals surface area contributed by atoms with Crippen LogP contribution < -0.4 is 25.8 Å². The molecule has 0 saturated carbocycles. The second kappa shape index (κ2) is 10.7. The van der Waals surface area contributed by atoms with Gasteiger partial charge in [-0.05, 0) is 42.0 Å². The smallest absolute Gasteiger partial charge is 0.319 e. The molecule has 4 N–H and O–H groups in total. The Hall–Kier alpha value is -4.81. The number of aromatic amines is 1. The van der Waals surface area contributed by atoms with E-state index in [4.69, 9.17) is 0 Å². The van der Waals surface area contributed by atoms with Crippen molar-refractivity contribution in [2.24, 2.45) is 5.41 Å². The van der Waals surface area contributed by atoms with E-state index in [1.807, 2.05) is 13.0 Å². The quantitative estimate of drug-likeness (QED) is 0.400. The Morgan fingerprint density at radius 3 is 2.45 bits per heavy atom. The second-order valence-electron chi connectivity index (χ2n) is 9.88. The van der Waals surface area contributed by atoms with Gasteiger partial charge in [0.15, 0.2) is 0 Å². The summed E-state index contributed by atoms with van der Waals surface area (Å²) in [5.74, 6) is -1.46. The highest BCUT2D eigenvalue weighted by Gasteiger charge is 2.40. The molecule has 2 aromatic carbocycles.